The lowest BCUT2D eigenvalue weighted by molar-refractivity contribution is 0.337. The molecule has 1 unspecified atom stereocenters. The molecule has 0 saturated carbocycles. The molecule has 0 amide bonds. The van der Waals surface area contributed by atoms with Gasteiger partial charge in [0.25, 0.3) is 8.05 Å². The van der Waals surface area contributed by atoms with Crippen LogP contribution in [-0.4, -0.2) is 21.8 Å². The first-order valence-electron chi connectivity index (χ1n) is 1.81. The molecule has 0 aliphatic carbocycles. The van der Waals surface area contributed by atoms with E-state index in [0.29, 0.717) is 0 Å². The molecule has 0 N–H and O–H groups in total. The maximum Gasteiger partial charge on any atom is 0.312 e. The normalized spacial score (nSPS) is 18.6. The van der Waals surface area contributed by atoms with Crippen molar-refractivity contribution in [1.29, 1.82) is 0 Å². The molecule has 0 aromatic carbocycles. The molecule has 1 atom stereocenters. The Balaban J connectivity index is 3.61. The zero-order valence-corrected chi connectivity index (χ0v) is 5.57. The highest BCUT2D eigenvalue weighted by Gasteiger charge is 2.08. The number of hydrogen-bond donors (Lipinski definition) is 0. The zero-order chi connectivity index (χ0) is 5.91. The van der Waals surface area contributed by atoms with Gasteiger partial charge in [-0.3, -0.25) is 4.57 Å². The lowest BCUT2D eigenvalue weighted by atomic mass is 10.6. The molecule has 0 fully saturated rings. The van der Waals surface area contributed by atoms with E-state index in [2.05, 4.69) is 8.96 Å². The Morgan fingerprint density at radius 3 is 2.14 bits per heavy atom. The molecule has 0 radical (unpaired) electrons. The topological polar surface area (TPSA) is 35.5 Å². The van der Waals surface area contributed by atoms with Crippen molar-refractivity contribution in [3.8, 4) is 0 Å². The van der Waals surface area contributed by atoms with E-state index in [1.807, 2.05) is 0 Å². The summed E-state index contributed by atoms with van der Waals surface area (Å²) in [6.07, 6.45) is 0. The van der Waals surface area contributed by atoms with Gasteiger partial charge in [0.05, 0.1) is 0 Å². The van der Waals surface area contributed by atoms with Crippen LogP contribution in [0.4, 0.5) is 0 Å². The Labute approximate surface area is 44.0 Å². The smallest absolute Gasteiger partial charge is 0.312 e. The quantitative estimate of drug-likeness (QED) is 0.382. The Kier molecular flexibility index (Phi) is 2.58. The summed E-state index contributed by atoms with van der Waals surface area (Å²) >= 11 is 0. The van der Waals surface area contributed by atoms with E-state index in [4.69, 9.17) is 0 Å². The van der Waals surface area contributed by atoms with E-state index in [9.17, 15) is 4.57 Å². The predicted molar refractivity (Wildman–Crippen MR) is 30.2 cm³/mol. The first-order valence-corrected chi connectivity index (χ1v) is 3.80. The van der Waals surface area contributed by atoms with Gasteiger partial charge in [-0.1, -0.05) is 0 Å². The molecule has 0 bridgehead atoms. The first kappa shape index (κ1) is 7.21. The zero-order valence-electron chi connectivity index (χ0n) is 4.67. The van der Waals surface area contributed by atoms with Crippen LogP contribution in [0.5, 0.6) is 0 Å². The van der Waals surface area contributed by atoms with Crippen molar-refractivity contribution in [2.75, 3.05) is 13.8 Å². The maximum absolute atomic E-state index is 10.5. The summed E-state index contributed by atoms with van der Waals surface area (Å²) in [6.45, 7) is 1.41. The number of hydrogen-bond acceptors (Lipinski definition) is 3. The van der Waals surface area contributed by atoms with Crippen molar-refractivity contribution in [2.24, 2.45) is 0 Å². The maximum atomic E-state index is 10.5. The minimum absolute atomic E-state index is 1.35. The van der Waals surface area contributed by atoms with E-state index in [1.165, 1.54) is 21.8 Å². The third kappa shape index (κ3) is 2.86. The van der Waals surface area contributed by atoms with Crippen molar-refractivity contribution in [3.05, 3.63) is 0 Å². The Morgan fingerprint density at radius 2 is 2.14 bits per heavy atom. The molecule has 0 heterocycles. The van der Waals surface area contributed by atoms with E-state index in [1.54, 1.807) is 0 Å². The highest BCUT2D eigenvalue weighted by molar-refractivity contribution is 7.53. The molecule has 7 heavy (non-hydrogen) atoms. The fourth-order valence-corrected chi connectivity index (χ4v) is 0.224. The molecule has 0 aliphatic heterocycles. The minimum atomic E-state index is -2.65. The Bertz CT molecular complexity index is 84.9. The Hall–Kier alpha value is 0.215. The second-order valence-electron chi connectivity index (χ2n) is 1.14. The summed E-state index contributed by atoms with van der Waals surface area (Å²) in [5.41, 5.74) is 0. The van der Waals surface area contributed by atoms with Crippen LogP contribution in [0, 0.1) is 0 Å². The van der Waals surface area contributed by atoms with E-state index >= 15 is 0 Å². The first-order chi connectivity index (χ1) is 3.12. The second kappa shape index (κ2) is 2.50. The van der Waals surface area contributed by atoms with E-state index < -0.39 is 7.60 Å². The van der Waals surface area contributed by atoms with Crippen LogP contribution < -0.4 is 0 Å². The van der Waals surface area contributed by atoms with Crippen LogP contribution in [-0.2, 0) is 13.5 Å². The van der Waals surface area contributed by atoms with E-state index in [0.717, 1.165) is 0 Å². The molecule has 0 aliphatic rings. The van der Waals surface area contributed by atoms with Crippen LogP contribution in [0.25, 0.3) is 0 Å². The molecular weight excluding hydrogens is 114 g/mol. The van der Waals surface area contributed by atoms with Gasteiger partial charge < -0.3 is 8.96 Å². The minimum Gasteiger partial charge on any atom is -0.379 e. The molecule has 42 valence electrons. The average Bonchev–Trinajstić information content (AvgIpc) is 1.68. The van der Waals surface area contributed by atoms with Crippen LogP contribution >= 0.6 is 7.60 Å². The van der Waals surface area contributed by atoms with Gasteiger partial charge in [0, 0.05) is 13.8 Å². The molecular formula is C2H8BO3P. The molecule has 5 heteroatoms. The summed E-state index contributed by atoms with van der Waals surface area (Å²) in [5.74, 6) is 0. The lowest BCUT2D eigenvalue weighted by Crippen LogP contribution is -1.83. The van der Waals surface area contributed by atoms with Crippen LogP contribution in [0.15, 0.2) is 0 Å². The van der Waals surface area contributed by atoms with Gasteiger partial charge in [0.2, 0.25) is 0 Å². The summed E-state index contributed by atoms with van der Waals surface area (Å²) in [7, 11) is 0.0486. The van der Waals surface area contributed by atoms with Crippen molar-refractivity contribution in [2.45, 2.75) is 0 Å². The third-order valence-electron chi connectivity index (χ3n) is 0.663. The molecule has 0 rings (SSSR count). The van der Waals surface area contributed by atoms with Gasteiger partial charge in [0.1, 0.15) is 0 Å². The van der Waals surface area contributed by atoms with Gasteiger partial charge in [-0.2, -0.15) is 0 Å². The molecule has 0 saturated heterocycles. The monoisotopic (exact) mass is 122 g/mol. The summed E-state index contributed by atoms with van der Waals surface area (Å²) < 4.78 is 19.3. The van der Waals surface area contributed by atoms with Crippen LogP contribution in [0.1, 0.15) is 0 Å². The SMILES string of the molecule is BOP(C)(=O)OC. The summed E-state index contributed by atoms with van der Waals surface area (Å²) in [4.78, 5) is 0. The summed E-state index contributed by atoms with van der Waals surface area (Å²) in [6, 6.07) is 0. The largest absolute Gasteiger partial charge is 0.379 e. The van der Waals surface area contributed by atoms with E-state index in [-0.39, 0.29) is 0 Å². The predicted octanol–water partition coefficient (Wildman–Crippen LogP) is 0.0204. The van der Waals surface area contributed by atoms with Crippen molar-refractivity contribution < 1.29 is 13.5 Å². The van der Waals surface area contributed by atoms with Crippen LogP contribution in [0.2, 0.25) is 0 Å². The highest BCUT2D eigenvalue weighted by atomic mass is 31.2. The summed E-state index contributed by atoms with van der Waals surface area (Å²) in [5, 5.41) is 0. The van der Waals surface area contributed by atoms with Gasteiger partial charge in [-0.05, 0) is 0 Å². The van der Waals surface area contributed by atoms with Crippen molar-refractivity contribution in [1.82, 2.24) is 0 Å². The average molecular weight is 122 g/mol. The highest BCUT2D eigenvalue weighted by Crippen LogP contribution is 2.40. The second-order valence-corrected chi connectivity index (χ2v) is 3.41. The van der Waals surface area contributed by atoms with Gasteiger partial charge in [-0.15, -0.1) is 0 Å². The standard InChI is InChI=1S/C2H8BO3P/c1-5-7(2,4)6-3/h3H2,1-2H3. The molecule has 3 nitrogen and oxygen atoms in total. The lowest BCUT2D eigenvalue weighted by Gasteiger charge is -2.05. The van der Waals surface area contributed by atoms with Gasteiger partial charge in [-0.25, -0.2) is 0 Å². The molecule has 0 spiro atoms. The fourth-order valence-electron chi connectivity index (χ4n) is 0.0745. The third-order valence-corrected chi connectivity index (χ3v) is 1.99. The number of rotatable bonds is 2. The van der Waals surface area contributed by atoms with Crippen molar-refractivity contribution >= 4 is 15.6 Å². The Morgan fingerprint density at radius 1 is 1.71 bits per heavy atom. The van der Waals surface area contributed by atoms with Crippen LogP contribution in [0.3, 0.4) is 0 Å². The van der Waals surface area contributed by atoms with Crippen molar-refractivity contribution in [3.63, 3.8) is 0 Å². The fraction of sp³-hybridized carbons (Fsp3) is 1.00. The molecule has 0 aromatic rings. The van der Waals surface area contributed by atoms with Gasteiger partial charge >= 0.3 is 7.60 Å². The molecule has 0 aromatic heterocycles. The van der Waals surface area contributed by atoms with Gasteiger partial charge in [0.15, 0.2) is 0 Å².